The van der Waals surface area contributed by atoms with Crippen LogP contribution in [0.15, 0.2) is 52.2 Å². The number of aromatic amines is 1. The number of para-hydroxylation sites is 2. The second-order valence-corrected chi connectivity index (χ2v) is 4.49. The minimum atomic E-state index is -4.95. The molecular weight excluding hydrogens is 315 g/mol. The van der Waals surface area contributed by atoms with Crippen LogP contribution in [-0.4, -0.2) is 20.9 Å². The molecule has 0 aliphatic carbocycles. The summed E-state index contributed by atoms with van der Waals surface area (Å²) in [4.78, 5) is 30.7. The van der Waals surface area contributed by atoms with E-state index in [0.717, 1.165) is 6.07 Å². The Kier molecular flexibility index (Phi) is 3.40. The second-order valence-electron chi connectivity index (χ2n) is 4.49. The largest absolute Gasteiger partial charge is 0.573 e. The summed E-state index contributed by atoms with van der Waals surface area (Å²) in [5, 5.41) is 0.0638. The SMILES string of the molecule is O=c1[nH]c2ncccc2c(=O)n1-c1ccccc1OC(F)(F)F. The van der Waals surface area contributed by atoms with E-state index in [0.29, 0.717) is 4.57 Å². The number of nitrogens with zero attached hydrogens (tertiary/aromatic N) is 2. The summed E-state index contributed by atoms with van der Waals surface area (Å²) < 4.78 is 41.9. The molecule has 3 aromatic rings. The Morgan fingerprint density at radius 1 is 1.09 bits per heavy atom. The molecule has 1 aromatic carbocycles. The van der Waals surface area contributed by atoms with Crippen molar-refractivity contribution in [3.8, 4) is 11.4 Å². The van der Waals surface area contributed by atoms with E-state index in [1.165, 1.54) is 36.5 Å². The average Bonchev–Trinajstić information content (AvgIpc) is 2.47. The Morgan fingerprint density at radius 2 is 1.83 bits per heavy atom. The van der Waals surface area contributed by atoms with E-state index >= 15 is 0 Å². The highest BCUT2D eigenvalue weighted by molar-refractivity contribution is 5.73. The van der Waals surface area contributed by atoms with Gasteiger partial charge >= 0.3 is 12.1 Å². The number of ether oxygens (including phenoxy) is 1. The molecule has 0 amide bonds. The van der Waals surface area contributed by atoms with Gasteiger partial charge in [-0.3, -0.25) is 9.78 Å². The van der Waals surface area contributed by atoms with Gasteiger partial charge in [-0.05, 0) is 24.3 Å². The number of H-pyrrole nitrogens is 1. The topological polar surface area (TPSA) is 77.0 Å². The monoisotopic (exact) mass is 323 g/mol. The van der Waals surface area contributed by atoms with E-state index in [9.17, 15) is 22.8 Å². The van der Waals surface area contributed by atoms with Gasteiger partial charge in [-0.25, -0.2) is 14.3 Å². The fraction of sp³-hybridized carbons (Fsp3) is 0.0714. The van der Waals surface area contributed by atoms with E-state index in [2.05, 4.69) is 14.7 Å². The number of hydrogen-bond acceptors (Lipinski definition) is 4. The molecule has 1 N–H and O–H groups in total. The molecule has 2 aromatic heterocycles. The van der Waals surface area contributed by atoms with Crippen LogP contribution in [0, 0.1) is 0 Å². The smallest absolute Gasteiger partial charge is 0.404 e. The van der Waals surface area contributed by atoms with Gasteiger partial charge in [0.15, 0.2) is 5.75 Å². The van der Waals surface area contributed by atoms with Gasteiger partial charge in [-0.15, -0.1) is 13.2 Å². The van der Waals surface area contributed by atoms with Crippen LogP contribution in [0.2, 0.25) is 0 Å². The molecule has 9 heteroatoms. The molecule has 0 saturated heterocycles. The van der Waals surface area contributed by atoms with Gasteiger partial charge in [-0.1, -0.05) is 12.1 Å². The van der Waals surface area contributed by atoms with Crippen LogP contribution in [0.4, 0.5) is 13.2 Å². The van der Waals surface area contributed by atoms with Crippen molar-refractivity contribution < 1.29 is 17.9 Å². The van der Waals surface area contributed by atoms with E-state index < -0.39 is 23.4 Å². The molecule has 3 rings (SSSR count). The zero-order chi connectivity index (χ0) is 16.6. The van der Waals surface area contributed by atoms with Crippen LogP contribution < -0.4 is 16.0 Å². The van der Waals surface area contributed by atoms with Crippen LogP contribution in [0.5, 0.6) is 5.75 Å². The van der Waals surface area contributed by atoms with Crippen LogP contribution in [0.3, 0.4) is 0 Å². The third kappa shape index (κ3) is 2.80. The van der Waals surface area contributed by atoms with Gasteiger partial charge in [0.2, 0.25) is 0 Å². The first-order chi connectivity index (χ1) is 10.9. The predicted octanol–water partition coefficient (Wildman–Crippen LogP) is 1.97. The van der Waals surface area contributed by atoms with Gasteiger partial charge in [0.05, 0.1) is 11.1 Å². The van der Waals surface area contributed by atoms with Gasteiger partial charge in [0.1, 0.15) is 5.65 Å². The van der Waals surface area contributed by atoms with E-state index in [4.69, 9.17) is 0 Å². The summed E-state index contributed by atoms with van der Waals surface area (Å²) in [5.74, 6) is -0.657. The molecule has 0 unspecified atom stereocenters. The summed E-state index contributed by atoms with van der Waals surface area (Å²) in [6.45, 7) is 0. The fourth-order valence-corrected chi connectivity index (χ4v) is 2.12. The first-order valence-electron chi connectivity index (χ1n) is 6.32. The summed E-state index contributed by atoms with van der Waals surface area (Å²) in [6, 6.07) is 7.77. The predicted molar refractivity (Wildman–Crippen MR) is 74.6 cm³/mol. The van der Waals surface area contributed by atoms with E-state index in [-0.39, 0.29) is 16.7 Å². The van der Waals surface area contributed by atoms with E-state index in [1.54, 1.807) is 0 Å². The molecule has 0 aliphatic heterocycles. The average molecular weight is 323 g/mol. The molecule has 118 valence electrons. The van der Waals surface area contributed by atoms with Gasteiger partial charge in [0, 0.05) is 6.20 Å². The highest BCUT2D eigenvalue weighted by Crippen LogP contribution is 2.27. The molecule has 0 bridgehead atoms. The minimum Gasteiger partial charge on any atom is -0.404 e. The van der Waals surface area contributed by atoms with Crippen molar-refractivity contribution in [1.82, 2.24) is 14.5 Å². The van der Waals surface area contributed by atoms with Gasteiger partial charge in [0.25, 0.3) is 5.56 Å². The zero-order valence-corrected chi connectivity index (χ0v) is 11.3. The lowest BCUT2D eigenvalue weighted by Crippen LogP contribution is -2.34. The fourth-order valence-electron chi connectivity index (χ4n) is 2.12. The van der Waals surface area contributed by atoms with Crippen molar-refractivity contribution in [1.29, 1.82) is 0 Å². The summed E-state index contributed by atoms with van der Waals surface area (Å²) in [6.07, 6.45) is -3.58. The number of pyridine rings is 1. The summed E-state index contributed by atoms with van der Waals surface area (Å²) >= 11 is 0. The van der Waals surface area contributed by atoms with Crippen LogP contribution in [0.25, 0.3) is 16.7 Å². The Balaban J connectivity index is 2.30. The second kappa shape index (κ2) is 5.27. The molecule has 0 fully saturated rings. The molecule has 0 radical (unpaired) electrons. The number of aromatic nitrogens is 3. The first kappa shape index (κ1) is 14.8. The Bertz CT molecular complexity index is 992. The Morgan fingerprint density at radius 3 is 2.57 bits per heavy atom. The normalized spacial score (nSPS) is 11.6. The summed E-state index contributed by atoms with van der Waals surface area (Å²) in [5.41, 5.74) is -1.98. The lowest BCUT2D eigenvalue weighted by Gasteiger charge is -2.14. The van der Waals surface area contributed by atoms with Crippen molar-refractivity contribution in [3.63, 3.8) is 0 Å². The molecular formula is C14H8F3N3O3. The third-order valence-electron chi connectivity index (χ3n) is 3.00. The van der Waals surface area contributed by atoms with Gasteiger partial charge < -0.3 is 4.74 Å². The molecule has 2 heterocycles. The number of benzene rings is 1. The zero-order valence-electron chi connectivity index (χ0n) is 11.3. The van der Waals surface area contributed by atoms with Crippen LogP contribution in [-0.2, 0) is 0 Å². The Hall–Kier alpha value is -3.10. The number of fused-ring (bicyclic) bond motifs is 1. The lowest BCUT2D eigenvalue weighted by atomic mass is 10.2. The molecule has 0 spiro atoms. The van der Waals surface area contributed by atoms with Crippen molar-refractivity contribution in [2.75, 3.05) is 0 Å². The molecule has 0 aliphatic rings. The van der Waals surface area contributed by atoms with E-state index in [1.807, 2.05) is 0 Å². The number of alkyl halides is 3. The summed E-state index contributed by atoms with van der Waals surface area (Å²) in [7, 11) is 0. The minimum absolute atomic E-state index is 0.0490. The van der Waals surface area contributed by atoms with Crippen molar-refractivity contribution in [3.05, 3.63) is 63.4 Å². The quantitative estimate of drug-likeness (QED) is 0.782. The maximum Gasteiger partial charge on any atom is 0.573 e. The first-order valence-corrected chi connectivity index (χ1v) is 6.32. The van der Waals surface area contributed by atoms with Crippen molar-refractivity contribution in [2.24, 2.45) is 0 Å². The molecule has 0 saturated carbocycles. The number of hydrogen-bond donors (Lipinski definition) is 1. The van der Waals surface area contributed by atoms with Crippen LogP contribution >= 0.6 is 0 Å². The van der Waals surface area contributed by atoms with Crippen molar-refractivity contribution in [2.45, 2.75) is 6.36 Å². The van der Waals surface area contributed by atoms with Crippen molar-refractivity contribution >= 4 is 11.0 Å². The number of nitrogens with one attached hydrogen (secondary N) is 1. The third-order valence-corrected chi connectivity index (χ3v) is 3.00. The number of rotatable bonds is 2. The standard InChI is InChI=1S/C14H8F3N3O3/c15-14(16,17)23-10-6-2-1-5-9(10)20-12(21)8-4-3-7-18-11(8)19-13(20)22/h1-7H,(H,18,19,22). The lowest BCUT2D eigenvalue weighted by molar-refractivity contribution is -0.274. The highest BCUT2D eigenvalue weighted by atomic mass is 19.4. The number of halogens is 3. The van der Waals surface area contributed by atoms with Gasteiger partial charge in [-0.2, -0.15) is 0 Å². The highest BCUT2D eigenvalue weighted by Gasteiger charge is 2.32. The molecule has 23 heavy (non-hydrogen) atoms. The Labute approximate surface area is 125 Å². The van der Waals surface area contributed by atoms with Crippen LogP contribution in [0.1, 0.15) is 0 Å². The molecule has 6 nitrogen and oxygen atoms in total. The maximum atomic E-state index is 12.5. The maximum absolute atomic E-state index is 12.5. The molecule has 0 atom stereocenters.